The number of fused-ring (bicyclic) bond motifs is 2. The number of piperazine rings is 1. The number of para-hydroxylation sites is 1. The van der Waals surface area contributed by atoms with Crippen LogP contribution in [-0.4, -0.2) is 67.1 Å². The van der Waals surface area contributed by atoms with Gasteiger partial charge in [-0.1, -0.05) is 24.3 Å². The fourth-order valence-electron chi connectivity index (χ4n) is 4.35. The molecule has 0 radical (unpaired) electrons. The van der Waals surface area contributed by atoms with Gasteiger partial charge in [0.25, 0.3) is 0 Å². The Morgan fingerprint density at radius 3 is 2.53 bits per heavy atom. The third-order valence-electron chi connectivity index (χ3n) is 6.06. The number of aromatic amines is 1. The topological polar surface area (TPSA) is 78.5 Å². The van der Waals surface area contributed by atoms with E-state index in [1.54, 1.807) is 11.4 Å². The number of nitrogens with zero attached hydrogens (tertiary/aromatic N) is 3. The number of sulfonamides is 1. The van der Waals surface area contributed by atoms with Crippen molar-refractivity contribution in [3.63, 3.8) is 0 Å². The van der Waals surface area contributed by atoms with Crippen molar-refractivity contribution in [1.29, 1.82) is 0 Å². The third-order valence-corrected chi connectivity index (χ3v) is 7.37. The maximum absolute atomic E-state index is 11.7. The van der Waals surface area contributed by atoms with Gasteiger partial charge in [-0.3, -0.25) is 4.90 Å². The normalized spacial score (nSPS) is 16.1. The summed E-state index contributed by atoms with van der Waals surface area (Å²) in [5.41, 5.74) is 5.07. The molecule has 1 fully saturated rings. The molecule has 4 aromatic rings. The lowest BCUT2D eigenvalue weighted by atomic mass is 10.1. The van der Waals surface area contributed by atoms with Gasteiger partial charge in [0.15, 0.2) is 0 Å². The minimum Gasteiger partial charge on any atom is -0.480 e. The highest BCUT2D eigenvalue weighted by Crippen LogP contribution is 2.33. The molecule has 0 unspecified atom stereocenters. The highest BCUT2D eigenvalue weighted by atomic mass is 32.2. The molecule has 3 heterocycles. The molecule has 2 aromatic carbocycles. The number of hydrogen-bond donors (Lipinski definition) is 1. The van der Waals surface area contributed by atoms with Gasteiger partial charge in [0.1, 0.15) is 0 Å². The summed E-state index contributed by atoms with van der Waals surface area (Å²) in [5, 5.41) is 2.19. The Bertz CT molecular complexity index is 1390. The van der Waals surface area contributed by atoms with Crippen LogP contribution in [0, 0.1) is 0 Å². The van der Waals surface area contributed by atoms with Gasteiger partial charge in [-0.05, 0) is 35.9 Å². The molecule has 0 atom stereocenters. The predicted molar refractivity (Wildman–Crippen MR) is 127 cm³/mol. The zero-order valence-corrected chi connectivity index (χ0v) is 19.0. The molecule has 1 aliphatic rings. The summed E-state index contributed by atoms with van der Waals surface area (Å²) in [6, 6.07) is 18.7. The summed E-state index contributed by atoms with van der Waals surface area (Å²) in [6.07, 6.45) is 1.28. The van der Waals surface area contributed by atoms with E-state index in [2.05, 4.69) is 51.3 Å². The second-order valence-corrected chi connectivity index (χ2v) is 10.3. The molecule has 166 valence electrons. The second kappa shape index (κ2) is 8.20. The molecule has 0 spiro atoms. The molecule has 7 nitrogen and oxygen atoms in total. The van der Waals surface area contributed by atoms with Crippen LogP contribution < -0.4 is 4.74 Å². The lowest BCUT2D eigenvalue weighted by Gasteiger charge is -2.33. The molecule has 2 aromatic heterocycles. The van der Waals surface area contributed by atoms with Gasteiger partial charge in [-0.2, -0.15) is 4.31 Å². The average Bonchev–Trinajstić information content (AvgIpc) is 3.21. The summed E-state index contributed by atoms with van der Waals surface area (Å²) in [4.78, 5) is 10.5. The maximum atomic E-state index is 11.7. The van der Waals surface area contributed by atoms with E-state index in [0.29, 0.717) is 19.0 Å². The molecule has 0 saturated carbocycles. The molecule has 1 saturated heterocycles. The zero-order valence-electron chi connectivity index (χ0n) is 18.2. The molecular weight excluding hydrogens is 424 g/mol. The summed E-state index contributed by atoms with van der Waals surface area (Å²) < 4.78 is 30.6. The van der Waals surface area contributed by atoms with Crippen molar-refractivity contribution < 1.29 is 13.2 Å². The number of benzene rings is 2. The third kappa shape index (κ3) is 4.09. The van der Waals surface area contributed by atoms with Gasteiger partial charge in [0, 0.05) is 49.0 Å². The number of nitrogens with one attached hydrogen (secondary N) is 1. The van der Waals surface area contributed by atoms with Crippen molar-refractivity contribution >= 4 is 31.8 Å². The Kier molecular flexibility index (Phi) is 5.36. The number of H-pyrrole nitrogens is 1. The first-order chi connectivity index (χ1) is 15.4. The van der Waals surface area contributed by atoms with E-state index in [1.165, 1.54) is 11.8 Å². The van der Waals surface area contributed by atoms with Crippen molar-refractivity contribution in [2.45, 2.75) is 6.54 Å². The number of hydrogen-bond acceptors (Lipinski definition) is 5. The molecule has 0 amide bonds. The summed E-state index contributed by atoms with van der Waals surface area (Å²) in [6.45, 7) is 3.37. The van der Waals surface area contributed by atoms with Crippen LogP contribution in [0.15, 0.2) is 54.6 Å². The number of ether oxygens (including phenoxy) is 1. The van der Waals surface area contributed by atoms with E-state index in [-0.39, 0.29) is 0 Å². The van der Waals surface area contributed by atoms with E-state index in [9.17, 15) is 8.42 Å². The van der Waals surface area contributed by atoms with E-state index in [0.717, 1.165) is 52.7 Å². The lowest BCUT2D eigenvalue weighted by molar-refractivity contribution is 0.182. The van der Waals surface area contributed by atoms with Crippen molar-refractivity contribution in [2.24, 2.45) is 0 Å². The first kappa shape index (κ1) is 20.9. The molecular formula is C24H26N4O3S. The molecule has 5 rings (SSSR count). The first-order valence-electron chi connectivity index (χ1n) is 10.6. The van der Waals surface area contributed by atoms with E-state index >= 15 is 0 Å². The van der Waals surface area contributed by atoms with Crippen molar-refractivity contribution in [3.8, 4) is 17.1 Å². The van der Waals surface area contributed by atoms with Gasteiger partial charge >= 0.3 is 0 Å². The van der Waals surface area contributed by atoms with Crippen LogP contribution >= 0.6 is 0 Å². The monoisotopic (exact) mass is 450 g/mol. The lowest BCUT2D eigenvalue weighted by Crippen LogP contribution is -2.47. The average molecular weight is 451 g/mol. The molecule has 0 aliphatic carbocycles. The van der Waals surface area contributed by atoms with Crippen molar-refractivity contribution in [1.82, 2.24) is 19.2 Å². The largest absolute Gasteiger partial charge is 0.480 e. The van der Waals surface area contributed by atoms with Crippen LogP contribution in [0.3, 0.4) is 0 Å². The smallest absolute Gasteiger partial charge is 0.223 e. The van der Waals surface area contributed by atoms with Crippen LogP contribution in [0.4, 0.5) is 0 Å². The Labute approximate surface area is 187 Å². The van der Waals surface area contributed by atoms with E-state index in [4.69, 9.17) is 4.74 Å². The molecule has 8 heteroatoms. The zero-order chi connectivity index (χ0) is 22.3. The van der Waals surface area contributed by atoms with E-state index in [1.807, 2.05) is 18.2 Å². The SMILES string of the molecule is COc1nc2ccccc2cc1-c1cc2cc(CN3CCN(S(C)(=O)=O)CC3)ccc2[nH]1. The predicted octanol–water partition coefficient (Wildman–Crippen LogP) is 3.47. The van der Waals surface area contributed by atoms with Crippen LogP contribution in [0.5, 0.6) is 5.88 Å². The van der Waals surface area contributed by atoms with Crippen molar-refractivity contribution in [3.05, 3.63) is 60.2 Å². The Morgan fingerprint density at radius 2 is 1.78 bits per heavy atom. The number of aromatic nitrogens is 2. The fourth-order valence-corrected chi connectivity index (χ4v) is 5.18. The Hall–Kier alpha value is -2.94. The number of pyridine rings is 1. The summed E-state index contributed by atoms with van der Waals surface area (Å²) in [7, 11) is -1.46. The van der Waals surface area contributed by atoms with Crippen molar-refractivity contribution in [2.75, 3.05) is 39.5 Å². The minimum absolute atomic E-state index is 0.546. The molecule has 1 N–H and O–H groups in total. The minimum atomic E-state index is -3.11. The van der Waals surface area contributed by atoms with Gasteiger partial charge < -0.3 is 9.72 Å². The highest BCUT2D eigenvalue weighted by molar-refractivity contribution is 7.88. The van der Waals surface area contributed by atoms with Crippen LogP contribution in [-0.2, 0) is 16.6 Å². The quantitative estimate of drug-likeness (QED) is 0.504. The number of rotatable bonds is 5. The van der Waals surface area contributed by atoms with Gasteiger partial charge in [-0.15, -0.1) is 0 Å². The van der Waals surface area contributed by atoms with E-state index < -0.39 is 10.0 Å². The molecule has 1 aliphatic heterocycles. The Balaban J connectivity index is 1.40. The van der Waals surface area contributed by atoms with Gasteiger partial charge in [0.05, 0.1) is 30.1 Å². The fraction of sp³-hybridized carbons (Fsp3) is 0.292. The van der Waals surface area contributed by atoms with Crippen LogP contribution in [0.25, 0.3) is 33.1 Å². The second-order valence-electron chi connectivity index (χ2n) is 8.28. The molecule has 32 heavy (non-hydrogen) atoms. The Morgan fingerprint density at radius 1 is 1.00 bits per heavy atom. The standard InChI is InChI=1S/C24H26N4O3S/c1-31-24-20(14-18-5-3-4-6-21(18)26-24)23-15-19-13-17(7-8-22(19)25-23)16-27-9-11-28(12-10-27)32(2,29)30/h3-8,13-15,25H,9-12,16H2,1-2H3. The van der Waals surface area contributed by atoms with Crippen LogP contribution in [0.2, 0.25) is 0 Å². The number of methoxy groups -OCH3 is 1. The highest BCUT2D eigenvalue weighted by Gasteiger charge is 2.23. The van der Waals surface area contributed by atoms with Gasteiger partial charge in [0.2, 0.25) is 15.9 Å². The maximum Gasteiger partial charge on any atom is 0.223 e. The molecule has 0 bridgehead atoms. The first-order valence-corrected chi connectivity index (χ1v) is 12.5. The van der Waals surface area contributed by atoms with Crippen LogP contribution in [0.1, 0.15) is 5.56 Å². The summed E-state index contributed by atoms with van der Waals surface area (Å²) >= 11 is 0. The summed E-state index contributed by atoms with van der Waals surface area (Å²) in [5.74, 6) is 0.597. The van der Waals surface area contributed by atoms with Gasteiger partial charge in [-0.25, -0.2) is 13.4 Å².